The van der Waals surface area contributed by atoms with Gasteiger partial charge in [0.2, 0.25) is 11.8 Å². The molecule has 2 aromatic carbocycles. The van der Waals surface area contributed by atoms with Gasteiger partial charge in [-0.3, -0.25) is 9.59 Å². The molecule has 3 fully saturated rings. The molecule has 8 nitrogen and oxygen atoms in total. The third-order valence-electron chi connectivity index (χ3n) is 5.82. The number of methoxy groups -OCH3 is 1. The molecular weight excluding hydrogens is 382 g/mol. The molecule has 3 saturated heterocycles. The molecule has 0 unspecified atom stereocenters. The van der Waals surface area contributed by atoms with Crippen LogP contribution in [0.5, 0.6) is 5.75 Å². The van der Waals surface area contributed by atoms with Gasteiger partial charge in [-0.05, 0) is 41.6 Å². The van der Waals surface area contributed by atoms with Gasteiger partial charge in [-0.15, -0.1) is 0 Å². The summed E-state index contributed by atoms with van der Waals surface area (Å²) in [7, 11) is 1.59. The van der Waals surface area contributed by atoms with Crippen LogP contribution in [0.3, 0.4) is 0 Å². The number of amides is 2. The Morgan fingerprint density at radius 2 is 1.63 bits per heavy atom. The molecule has 3 heterocycles. The minimum absolute atomic E-state index is 0.0954. The summed E-state index contributed by atoms with van der Waals surface area (Å²) in [5, 5.41) is 3.89. The molecule has 2 bridgehead atoms. The standard InChI is InChI=1S/C22H23N5O3/c1-30-17-9-7-16(8-10-17)14-27-20-18(24-25-23)11-12-19(21(27)28)26(22(20)29)13-15-5-3-2-4-6-15/h2-10,18-20H,11-14H2,1H3/t18-,19-,20-/m0/s1. The lowest BCUT2D eigenvalue weighted by atomic mass is 10.0. The van der Waals surface area contributed by atoms with Crippen LogP contribution in [0.1, 0.15) is 24.0 Å². The molecule has 0 radical (unpaired) electrons. The summed E-state index contributed by atoms with van der Waals surface area (Å²) in [5.41, 5.74) is 10.9. The van der Waals surface area contributed by atoms with E-state index in [-0.39, 0.29) is 18.4 Å². The average Bonchev–Trinajstić information content (AvgIpc) is 2.98. The smallest absolute Gasteiger partial charge is 0.246 e. The first-order valence-corrected chi connectivity index (χ1v) is 9.94. The van der Waals surface area contributed by atoms with E-state index in [0.29, 0.717) is 19.4 Å². The fourth-order valence-electron chi connectivity index (χ4n) is 4.32. The maximum atomic E-state index is 13.5. The van der Waals surface area contributed by atoms with Gasteiger partial charge in [-0.25, -0.2) is 0 Å². The number of nitrogens with zero attached hydrogens (tertiary/aromatic N) is 5. The Labute approximate surface area is 174 Å². The third-order valence-corrected chi connectivity index (χ3v) is 5.82. The van der Waals surface area contributed by atoms with Crippen LogP contribution in [0.25, 0.3) is 10.4 Å². The highest BCUT2D eigenvalue weighted by Crippen LogP contribution is 2.34. The number of rotatable bonds is 6. The van der Waals surface area contributed by atoms with E-state index in [2.05, 4.69) is 10.0 Å². The van der Waals surface area contributed by atoms with Gasteiger partial charge >= 0.3 is 0 Å². The van der Waals surface area contributed by atoms with E-state index >= 15 is 0 Å². The molecule has 0 N–H and O–H groups in total. The Kier molecular flexibility index (Phi) is 5.59. The van der Waals surface area contributed by atoms with Crippen molar-refractivity contribution in [1.29, 1.82) is 0 Å². The Hall–Kier alpha value is -3.51. The van der Waals surface area contributed by atoms with Crippen LogP contribution < -0.4 is 4.74 Å². The summed E-state index contributed by atoms with van der Waals surface area (Å²) in [6.07, 6.45) is 0.984. The number of hydrogen-bond acceptors (Lipinski definition) is 4. The van der Waals surface area contributed by atoms with E-state index in [1.54, 1.807) is 16.9 Å². The Balaban J connectivity index is 1.66. The highest BCUT2D eigenvalue weighted by atomic mass is 16.5. The number of fused-ring (bicyclic) bond motifs is 4. The van der Waals surface area contributed by atoms with Crippen molar-refractivity contribution in [1.82, 2.24) is 9.80 Å². The van der Waals surface area contributed by atoms with Crippen LogP contribution in [0, 0.1) is 0 Å². The van der Waals surface area contributed by atoms with E-state index in [0.717, 1.165) is 16.9 Å². The minimum atomic E-state index is -0.794. The van der Waals surface area contributed by atoms with Crippen LogP contribution in [0.2, 0.25) is 0 Å². The van der Waals surface area contributed by atoms with Crippen LogP contribution in [-0.2, 0) is 22.7 Å². The maximum Gasteiger partial charge on any atom is 0.246 e. The predicted molar refractivity (Wildman–Crippen MR) is 110 cm³/mol. The second-order valence-corrected chi connectivity index (χ2v) is 7.58. The summed E-state index contributed by atoms with van der Waals surface area (Å²) < 4.78 is 5.19. The van der Waals surface area contributed by atoms with Gasteiger partial charge in [-0.1, -0.05) is 47.6 Å². The molecule has 2 amide bonds. The first-order chi connectivity index (χ1) is 14.6. The number of azide groups is 1. The number of hydrogen-bond donors (Lipinski definition) is 0. The SMILES string of the molecule is COc1ccc(CN2C(=O)[C@@H]3CC[C@H](N=[N+]=[N-])[C@H]2C(=O)N3Cc2ccccc2)cc1. The summed E-state index contributed by atoms with van der Waals surface area (Å²) >= 11 is 0. The topological polar surface area (TPSA) is 98.6 Å². The van der Waals surface area contributed by atoms with Crippen molar-refractivity contribution in [2.45, 2.75) is 44.1 Å². The Morgan fingerprint density at radius 1 is 0.967 bits per heavy atom. The highest BCUT2D eigenvalue weighted by Gasteiger charge is 2.51. The van der Waals surface area contributed by atoms with E-state index < -0.39 is 18.1 Å². The van der Waals surface area contributed by atoms with E-state index in [1.807, 2.05) is 54.6 Å². The third kappa shape index (κ3) is 3.69. The van der Waals surface area contributed by atoms with Gasteiger partial charge < -0.3 is 14.5 Å². The van der Waals surface area contributed by atoms with Crippen LogP contribution >= 0.6 is 0 Å². The largest absolute Gasteiger partial charge is 0.497 e. The zero-order chi connectivity index (χ0) is 21.1. The molecule has 3 aliphatic rings. The first-order valence-electron chi connectivity index (χ1n) is 9.94. The lowest BCUT2D eigenvalue weighted by Crippen LogP contribution is -2.64. The fraction of sp³-hybridized carbons (Fsp3) is 0.364. The zero-order valence-corrected chi connectivity index (χ0v) is 16.7. The predicted octanol–water partition coefficient (Wildman–Crippen LogP) is 3.28. The highest BCUT2D eigenvalue weighted by molar-refractivity contribution is 5.98. The zero-order valence-electron chi connectivity index (χ0n) is 16.7. The molecular formula is C22H23N5O3. The molecule has 154 valence electrons. The number of carbonyl (C=O) groups is 2. The number of ether oxygens (including phenoxy) is 1. The van der Waals surface area contributed by atoms with Crippen molar-refractivity contribution in [2.75, 3.05) is 7.11 Å². The number of carbonyl (C=O) groups excluding carboxylic acids is 2. The van der Waals surface area contributed by atoms with Gasteiger partial charge in [0, 0.05) is 18.0 Å². The molecule has 2 aromatic rings. The van der Waals surface area contributed by atoms with Gasteiger partial charge in [0.05, 0.1) is 13.2 Å². The normalized spacial score (nSPS) is 23.2. The Morgan fingerprint density at radius 3 is 2.30 bits per heavy atom. The van der Waals surface area contributed by atoms with E-state index in [1.165, 1.54) is 0 Å². The van der Waals surface area contributed by atoms with Crippen LogP contribution in [0.4, 0.5) is 0 Å². The quantitative estimate of drug-likeness (QED) is 0.419. The molecule has 0 aromatic heterocycles. The van der Waals surface area contributed by atoms with Crippen molar-refractivity contribution in [3.63, 3.8) is 0 Å². The summed E-state index contributed by atoms with van der Waals surface area (Å²) in [5.74, 6) is 0.466. The van der Waals surface area contributed by atoms with Gasteiger partial charge in [0.1, 0.15) is 17.8 Å². The minimum Gasteiger partial charge on any atom is -0.497 e. The lowest BCUT2D eigenvalue weighted by molar-refractivity contribution is -0.162. The second kappa shape index (κ2) is 8.47. The summed E-state index contributed by atoms with van der Waals surface area (Å²) in [4.78, 5) is 33.1. The van der Waals surface area contributed by atoms with Crippen LogP contribution in [-0.4, -0.2) is 46.8 Å². The van der Waals surface area contributed by atoms with Crippen molar-refractivity contribution in [3.8, 4) is 5.75 Å². The summed E-state index contributed by atoms with van der Waals surface area (Å²) in [6, 6.07) is 15.1. The molecule has 0 aliphatic carbocycles. The Bertz CT molecular complexity index is 972. The second-order valence-electron chi connectivity index (χ2n) is 7.58. The molecule has 5 rings (SSSR count). The lowest BCUT2D eigenvalue weighted by Gasteiger charge is -2.43. The van der Waals surface area contributed by atoms with E-state index in [9.17, 15) is 9.59 Å². The van der Waals surface area contributed by atoms with Crippen molar-refractivity contribution >= 4 is 11.8 Å². The van der Waals surface area contributed by atoms with Gasteiger partial charge in [0.15, 0.2) is 0 Å². The van der Waals surface area contributed by atoms with Crippen LogP contribution in [0.15, 0.2) is 59.7 Å². The molecule has 0 saturated carbocycles. The molecule has 0 spiro atoms. The summed E-state index contributed by atoms with van der Waals surface area (Å²) in [6.45, 7) is 0.651. The fourth-order valence-corrected chi connectivity index (χ4v) is 4.32. The van der Waals surface area contributed by atoms with Gasteiger partial charge in [0.25, 0.3) is 0 Å². The van der Waals surface area contributed by atoms with E-state index in [4.69, 9.17) is 10.3 Å². The number of benzene rings is 2. The van der Waals surface area contributed by atoms with Gasteiger partial charge in [-0.2, -0.15) is 0 Å². The molecule has 8 heteroatoms. The van der Waals surface area contributed by atoms with Crippen molar-refractivity contribution in [2.24, 2.45) is 5.11 Å². The van der Waals surface area contributed by atoms with Crippen molar-refractivity contribution < 1.29 is 14.3 Å². The first kappa shape index (κ1) is 19.8. The maximum absolute atomic E-state index is 13.5. The molecule has 3 atom stereocenters. The average molecular weight is 405 g/mol. The molecule has 30 heavy (non-hydrogen) atoms. The molecule has 3 aliphatic heterocycles. The van der Waals surface area contributed by atoms with Crippen molar-refractivity contribution in [3.05, 3.63) is 76.2 Å². The number of piperazine rings is 1. The monoisotopic (exact) mass is 405 g/mol.